The average molecular weight is 288 g/mol. The molecule has 2 heterocycles. The van der Waals surface area contributed by atoms with Gasteiger partial charge in [0.05, 0.1) is 11.3 Å². The van der Waals surface area contributed by atoms with E-state index in [4.69, 9.17) is 0 Å². The van der Waals surface area contributed by atoms with Crippen molar-refractivity contribution < 1.29 is 9.90 Å². The van der Waals surface area contributed by atoms with Gasteiger partial charge in [0, 0.05) is 18.8 Å². The minimum atomic E-state index is -0.861. The van der Waals surface area contributed by atoms with E-state index in [1.807, 2.05) is 0 Å². The van der Waals surface area contributed by atoms with E-state index in [2.05, 4.69) is 9.88 Å². The molecule has 0 spiro atoms. The van der Waals surface area contributed by atoms with Crippen LogP contribution >= 0.6 is 0 Å². The van der Waals surface area contributed by atoms with Crippen molar-refractivity contribution in [1.82, 2.24) is 9.88 Å². The zero-order valence-electron chi connectivity index (χ0n) is 12.5. The van der Waals surface area contributed by atoms with Crippen molar-refractivity contribution in [3.63, 3.8) is 0 Å². The normalized spacial score (nSPS) is 24.3. The Morgan fingerprint density at radius 3 is 2.86 bits per heavy atom. The highest BCUT2D eigenvalue weighted by Crippen LogP contribution is 2.29. The van der Waals surface area contributed by atoms with Gasteiger partial charge in [-0.15, -0.1) is 0 Å². The van der Waals surface area contributed by atoms with Crippen molar-refractivity contribution in [1.29, 1.82) is 0 Å². The molecule has 4 nitrogen and oxygen atoms in total. The number of hydrogen-bond acceptors (Lipinski definition) is 3. The van der Waals surface area contributed by atoms with Crippen LogP contribution in [0.5, 0.6) is 0 Å². The zero-order chi connectivity index (χ0) is 14.7. The van der Waals surface area contributed by atoms with Crippen LogP contribution in [-0.2, 0) is 6.42 Å². The predicted octanol–water partition coefficient (Wildman–Crippen LogP) is 2.98. The first-order valence-corrected chi connectivity index (χ1v) is 8.15. The summed E-state index contributed by atoms with van der Waals surface area (Å²) in [5, 5.41) is 9.25. The number of hydrogen-bond donors (Lipinski definition) is 1. The van der Waals surface area contributed by atoms with Crippen LogP contribution in [0.1, 0.15) is 54.6 Å². The lowest BCUT2D eigenvalue weighted by Crippen LogP contribution is -2.35. The zero-order valence-corrected chi connectivity index (χ0v) is 12.5. The molecular formula is C17H24N2O2. The lowest BCUT2D eigenvalue weighted by molar-refractivity contribution is 0.0695. The number of pyridine rings is 1. The fraction of sp³-hybridized carbons (Fsp3) is 0.647. The van der Waals surface area contributed by atoms with Crippen molar-refractivity contribution >= 4 is 5.97 Å². The van der Waals surface area contributed by atoms with Crippen molar-refractivity contribution in [3.8, 4) is 0 Å². The van der Waals surface area contributed by atoms with E-state index < -0.39 is 5.97 Å². The standard InChI is InChI=1S/C17H24N2O2/c20-17(21)15-7-4-9-18-16(15)11-13-8-10-19(12-13)14-5-2-1-3-6-14/h4,7,9,13-14H,1-3,5-6,8,10-12H2,(H,20,21). The number of aromatic nitrogens is 1. The summed E-state index contributed by atoms with van der Waals surface area (Å²) in [6, 6.07) is 4.14. The van der Waals surface area contributed by atoms with Crippen molar-refractivity contribution in [3.05, 3.63) is 29.6 Å². The van der Waals surface area contributed by atoms with Gasteiger partial charge in [-0.3, -0.25) is 4.98 Å². The molecule has 114 valence electrons. The number of carbonyl (C=O) groups is 1. The van der Waals surface area contributed by atoms with Gasteiger partial charge in [-0.25, -0.2) is 4.79 Å². The number of likely N-dealkylation sites (tertiary alicyclic amines) is 1. The second-order valence-electron chi connectivity index (χ2n) is 6.45. The summed E-state index contributed by atoms with van der Waals surface area (Å²) >= 11 is 0. The van der Waals surface area contributed by atoms with E-state index in [1.54, 1.807) is 18.3 Å². The molecule has 4 heteroatoms. The van der Waals surface area contributed by atoms with E-state index in [0.717, 1.165) is 24.7 Å². The highest BCUT2D eigenvalue weighted by molar-refractivity contribution is 5.88. The second-order valence-corrected chi connectivity index (χ2v) is 6.45. The Morgan fingerprint density at radius 1 is 1.29 bits per heavy atom. The minimum absolute atomic E-state index is 0.369. The van der Waals surface area contributed by atoms with Gasteiger partial charge in [-0.2, -0.15) is 0 Å². The molecule has 1 aliphatic carbocycles. The molecule has 1 unspecified atom stereocenters. The van der Waals surface area contributed by atoms with E-state index >= 15 is 0 Å². The molecular weight excluding hydrogens is 264 g/mol. The Morgan fingerprint density at radius 2 is 2.10 bits per heavy atom. The third kappa shape index (κ3) is 3.43. The van der Waals surface area contributed by atoms with Crippen molar-refractivity contribution in [2.75, 3.05) is 13.1 Å². The van der Waals surface area contributed by atoms with Crippen LogP contribution in [0.3, 0.4) is 0 Å². The van der Waals surface area contributed by atoms with E-state index in [0.29, 0.717) is 11.5 Å². The molecule has 2 aliphatic rings. The Labute approximate surface area is 126 Å². The molecule has 2 fully saturated rings. The SMILES string of the molecule is O=C(O)c1cccnc1CC1CCN(C2CCCCC2)C1. The van der Waals surface area contributed by atoms with Crippen LogP contribution in [0, 0.1) is 5.92 Å². The summed E-state index contributed by atoms with van der Waals surface area (Å²) in [7, 11) is 0. The van der Waals surface area contributed by atoms with Gasteiger partial charge in [0.1, 0.15) is 0 Å². The fourth-order valence-corrected chi connectivity index (χ4v) is 3.88. The molecule has 1 saturated heterocycles. The Kier molecular flexibility index (Phi) is 4.54. The maximum absolute atomic E-state index is 11.3. The van der Waals surface area contributed by atoms with E-state index in [-0.39, 0.29) is 0 Å². The highest BCUT2D eigenvalue weighted by atomic mass is 16.4. The molecule has 1 saturated carbocycles. The van der Waals surface area contributed by atoms with E-state index in [9.17, 15) is 9.90 Å². The van der Waals surface area contributed by atoms with Crippen LogP contribution < -0.4 is 0 Å². The van der Waals surface area contributed by atoms with Gasteiger partial charge in [0.15, 0.2) is 0 Å². The number of rotatable bonds is 4. The molecule has 0 radical (unpaired) electrons. The molecule has 0 bridgehead atoms. The lowest BCUT2D eigenvalue weighted by atomic mass is 9.94. The topological polar surface area (TPSA) is 53.4 Å². The molecule has 1 aliphatic heterocycles. The first kappa shape index (κ1) is 14.5. The first-order chi connectivity index (χ1) is 10.2. The Bertz CT molecular complexity index is 497. The molecule has 21 heavy (non-hydrogen) atoms. The van der Waals surface area contributed by atoms with Crippen LogP contribution in [0.15, 0.2) is 18.3 Å². The molecule has 0 aromatic carbocycles. The monoisotopic (exact) mass is 288 g/mol. The molecule has 3 rings (SSSR count). The van der Waals surface area contributed by atoms with Gasteiger partial charge in [0.2, 0.25) is 0 Å². The van der Waals surface area contributed by atoms with Gasteiger partial charge < -0.3 is 10.0 Å². The van der Waals surface area contributed by atoms with Crippen LogP contribution in [0.2, 0.25) is 0 Å². The smallest absolute Gasteiger partial charge is 0.337 e. The summed E-state index contributed by atoms with van der Waals surface area (Å²) in [5.41, 5.74) is 1.12. The van der Waals surface area contributed by atoms with Gasteiger partial charge >= 0.3 is 5.97 Å². The largest absolute Gasteiger partial charge is 0.478 e. The molecule has 1 aromatic rings. The summed E-state index contributed by atoms with van der Waals surface area (Å²) in [4.78, 5) is 18.2. The third-order valence-electron chi connectivity index (χ3n) is 5.01. The Balaban J connectivity index is 1.61. The quantitative estimate of drug-likeness (QED) is 0.925. The summed E-state index contributed by atoms with van der Waals surface area (Å²) in [5.74, 6) is -0.305. The van der Waals surface area contributed by atoms with Crippen molar-refractivity contribution in [2.45, 2.75) is 51.0 Å². The lowest BCUT2D eigenvalue weighted by Gasteiger charge is -2.31. The second kappa shape index (κ2) is 6.56. The number of nitrogens with zero attached hydrogens (tertiary/aromatic N) is 2. The summed E-state index contributed by atoms with van der Waals surface area (Å²) in [6.07, 6.45) is 10.5. The summed E-state index contributed by atoms with van der Waals surface area (Å²) in [6.45, 7) is 2.28. The van der Waals surface area contributed by atoms with Gasteiger partial charge in [-0.1, -0.05) is 19.3 Å². The average Bonchev–Trinajstić information content (AvgIpc) is 2.97. The van der Waals surface area contributed by atoms with Gasteiger partial charge in [0.25, 0.3) is 0 Å². The molecule has 1 atom stereocenters. The van der Waals surface area contributed by atoms with E-state index in [1.165, 1.54) is 45.1 Å². The fourth-order valence-electron chi connectivity index (χ4n) is 3.88. The van der Waals surface area contributed by atoms with Crippen LogP contribution in [0.4, 0.5) is 0 Å². The maximum atomic E-state index is 11.3. The van der Waals surface area contributed by atoms with Gasteiger partial charge in [-0.05, 0) is 50.3 Å². The first-order valence-electron chi connectivity index (χ1n) is 8.15. The van der Waals surface area contributed by atoms with Crippen LogP contribution in [-0.4, -0.2) is 40.1 Å². The minimum Gasteiger partial charge on any atom is -0.478 e. The van der Waals surface area contributed by atoms with Crippen LogP contribution in [0.25, 0.3) is 0 Å². The van der Waals surface area contributed by atoms with Crippen molar-refractivity contribution in [2.24, 2.45) is 5.92 Å². The summed E-state index contributed by atoms with van der Waals surface area (Å²) < 4.78 is 0. The third-order valence-corrected chi connectivity index (χ3v) is 5.01. The molecule has 0 amide bonds. The number of aromatic carboxylic acids is 1. The Hall–Kier alpha value is -1.42. The molecule has 1 aromatic heterocycles. The highest BCUT2D eigenvalue weighted by Gasteiger charge is 2.29. The number of carboxylic acid groups (broad SMARTS) is 1. The maximum Gasteiger partial charge on any atom is 0.337 e. The molecule has 1 N–H and O–H groups in total. The number of carboxylic acids is 1. The predicted molar refractivity (Wildman–Crippen MR) is 81.5 cm³/mol.